The van der Waals surface area contributed by atoms with Crippen LogP contribution in [0.4, 0.5) is 6.01 Å². The highest BCUT2D eigenvalue weighted by Gasteiger charge is 2.09. The fourth-order valence-electron chi connectivity index (χ4n) is 1.94. The van der Waals surface area contributed by atoms with Crippen LogP contribution in [-0.2, 0) is 0 Å². The Morgan fingerprint density at radius 3 is 2.60 bits per heavy atom. The fourth-order valence-corrected chi connectivity index (χ4v) is 1.94. The van der Waals surface area contributed by atoms with Gasteiger partial charge in [0.15, 0.2) is 5.58 Å². The molecule has 0 saturated carbocycles. The van der Waals surface area contributed by atoms with Crippen molar-refractivity contribution in [1.29, 1.82) is 0 Å². The summed E-state index contributed by atoms with van der Waals surface area (Å²) in [6.07, 6.45) is 0. The molecule has 0 radical (unpaired) electrons. The first-order valence-corrected chi connectivity index (χ1v) is 6.57. The number of oxazole rings is 1. The first-order valence-electron chi connectivity index (χ1n) is 6.57. The van der Waals surface area contributed by atoms with Gasteiger partial charge in [0.25, 0.3) is 6.01 Å². The average molecular weight is 268 g/mol. The Balaban J connectivity index is 1.60. The Hall–Kier alpha value is -2.49. The number of para-hydroxylation sites is 3. The zero-order chi connectivity index (χ0) is 13.8. The maximum absolute atomic E-state index is 5.69. The van der Waals surface area contributed by atoms with E-state index < -0.39 is 0 Å². The van der Waals surface area contributed by atoms with Gasteiger partial charge >= 0.3 is 0 Å². The molecule has 0 spiro atoms. The molecule has 0 bridgehead atoms. The van der Waals surface area contributed by atoms with Crippen molar-refractivity contribution in [1.82, 2.24) is 4.98 Å². The maximum Gasteiger partial charge on any atom is 0.298 e. The SMILES string of the molecule is CN(CCOc1ccccc1)c1nc2ccccc2o1. The van der Waals surface area contributed by atoms with E-state index in [1.807, 2.05) is 66.5 Å². The Kier molecular flexibility index (Phi) is 3.54. The lowest BCUT2D eigenvalue weighted by molar-refractivity contribution is 0.323. The lowest BCUT2D eigenvalue weighted by Gasteiger charge is -2.14. The average Bonchev–Trinajstić information content (AvgIpc) is 2.92. The molecule has 0 amide bonds. The van der Waals surface area contributed by atoms with Crippen LogP contribution in [0.3, 0.4) is 0 Å². The molecule has 1 heterocycles. The molecule has 0 atom stereocenters. The topological polar surface area (TPSA) is 38.5 Å². The highest BCUT2D eigenvalue weighted by Crippen LogP contribution is 2.20. The summed E-state index contributed by atoms with van der Waals surface area (Å²) >= 11 is 0. The molecule has 0 aliphatic carbocycles. The second-order valence-electron chi connectivity index (χ2n) is 4.55. The van der Waals surface area contributed by atoms with E-state index in [0.717, 1.165) is 16.8 Å². The van der Waals surface area contributed by atoms with Gasteiger partial charge in [-0.3, -0.25) is 0 Å². The number of rotatable bonds is 5. The summed E-state index contributed by atoms with van der Waals surface area (Å²) in [5, 5.41) is 0. The van der Waals surface area contributed by atoms with E-state index in [2.05, 4.69) is 4.98 Å². The number of anilines is 1. The standard InChI is InChI=1S/C16H16N2O2/c1-18(11-12-19-13-7-3-2-4-8-13)16-17-14-9-5-6-10-15(14)20-16/h2-10H,11-12H2,1H3. The summed E-state index contributed by atoms with van der Waals surface area (Å²) in [5.74, 6) is 0.874. The second kappa shape index (κ2) is 5.65. The van der Waals surface area contributed by atoms with E-state index in [0.29, 0.717) is 19.2 Å². The van der Waals surface area contributed by atoms with Gasteiger partial charge in [0, 0.05) is 7.05 Å². The van der Waals surface area contributed by atoms with Crippen LogP contribution in [0.1, 0.15) is 0 Å². The lowest BCUT2D eigenvalue weighted by Crippen LogP contribution is -2.23. The van der Waals surface area contributed by atoms with Crippen molar-refractivity contribution < 1.29 is 9.15 Å². The maximum atomic E-state index is 5.69. The third-order valence-corrected chi connectivity index (χ3v) is 3.05. The molecule has 102 valence electrons. The summed E-state index contributed by atoms with van der Waals surface area (Å²) < 4.78 is 11.4. The first-order chi connectivity index (χ1) is 9.83. The van der Waals surface area contributed by atoms with Crippen LogP contribution >= 0.6 is 0 Å². The molecule has 2 aromatic carbocycles. The minimum atomic E-state index is 0.583. The van der Waals surface area contributed by atoms with Crippen molar-refractivity contribution in [2.75, 3.05) is 25.1 Å². The molecule has 1 aromatic heterocycles. The number of hydrogen-bond donors (Lipinski definition) is 0. The molecule has 4 nitrogen and oxygen atoms in total. The van der Waals surface area contributed by atoms with E-state index >= 15 is 0 Å². The van der Waals surface area contributed by atoms with E-state index in [4.69, 9.17) is 9.15 Å². The Morgan fingerprint density at radius 2 is 1.80 bits per heavy atom. The fraction of sp³-hybridized carbons (Fsp3) is 0.188. The van der Waals surface area contributed by atoms with Gasteiger partial charge in [0.1, 0.15) is 17.9 Å². The van der Waals surface area contributed by atoms with Crippen LogP contribution in [0.15, 0.2) is 59.0 Å². The van der Waals surface area contributed by atoms with Gasteiger partial charge in [0.2, 0.25) is 0 Å². The van der Waals surface area contributed by atoms with Crippen LogP contribution in [0.2, 0.25) is 0 Å². The van der Waals surface area contributed by atoms with E-state index in [1.165, 1.54) is 0 Å². The van der Waals surface area contributed by atoms with Gasteiger partial charge in [-0.05, 0) is 24.3 Å². The van der Waals surface area contributed by atoms with Crippen molar-refractivity contribution in [2.45, 2.75) is 0 Å². The Labute approximate surface area is 117 Å². The molecule has 0 aliphatic rings. The van der Waals surface area contributed by atoms with Gasteiger partial charge < -0.3 is 14.1 Å². The molecule has 0 saturated heterocycles. The number of ether oxygens (including phenoxy) is 1. The molecule has 0 N–H and O–H groups in total. The summed E-state index contributed by atoms with van der Waals surface area (Å²) in [5.41, 5.74) is 1.68. The largest absolute Gasteiger partial charge is 0.492 e. The third kappa shape index (κ3) is 2.74. The smallest absolute Gasteiger partial charge is 0.298 e. The minimum absolute atomic E-state index is 0.583. The third-order valence-electron chi connectivity index (χ3n) is 3.05. The highest BCUT2D eigenvalue weighted by molar-refractivity contribution is 5.74. The number of aromatic nitrogens is 1. The van der Waals surface area contributed by atoms with Crippen LogP contribution in [0.5, 0.6) is 5.75 Å². The van der Waals surface area contributed by atoms with Crippen molar-refractivity contribution in [3.05, 3.63) is 54.6 Å². The van der Waals surface area contributed by atoms with Crippen LogP contribution in [-0.4, -0.2) is 25.2 Å². The lowest BCUT2D eigenvalue weighted by atomic mass is 10.3. The molecular formula is C16H16N2O2. The normalized spacial score (nSPS) is 10.7. The van der Waals surface area contributed by atoms with E-state index in [1.54, 1.807) is 0 Å². The molecule has 3 rings (SSSR count). The molecule has 0 fully saturated rings. The Morgan fingerprint density at radius 1 is 1.05 bits per heavy atom. The predicted molar refractivity (Wildman–Crippen MR) is 79.2 cm³/mol. The number of hydrogen-bond acceptors (Lipinski definition) is 4. The minimum Gasteiger partial charge on any atom is -0.492 e. The summed E-state index contributed by atoms with van der Waals surface area (Å²) in [6.45, 7) is 1.29. The summed E-state index contributed by atoms with van der Waals surface area (Å²) in [6, 6.07) is 18.1. The van der Waals surface area contributed by atoms with Crippen molar-refractivity contribution >= 4 is 17.1 Å². The Bertz CT molecular complexity index is 646. The molecule has 20 heavy (non-hydrogen) atoms. The second-order valence-corrected chi connectivity index (χ2v) is 4.55. The van der Waals surface area contributed by atoms with Gasteiger partial charge in [-0.25, -0.2) is 0 Å². The molecular weight excluding hydrogens is 252 g/mol. The predicted octanol–water partition coefficient (Wildman–Crippen LogP) is 3.34. The number of nitrogens with zero attached hydrogens (tertiary/aromatic N) is 2. The van der Waals surface area contributed by atoms with Crippen molar-refractivity contribution in [3.8, 4) is 5.75 Å². The van der Waals surface area contributed by atoms with E-state index in [-0.39, 0.29) is 0 Å². The summed E-state index contributed by atoms with van der Waals surface area (Å²) in [7, 11) is 1.94. The monoisotopic (exact) mass is 268 g/mol. The van der Waals surface area contributed by atoms with Crippen molar-refractivity contribution in [2.24, 2.45) is 0 Å². The molecule has 0 aliphatic heterocycles. The molecule has 0 unspecified atom stereocenters. The highest BCUT2D eigenvalue weighted by atomic mass is 16.5. The van der Waals surface area contributed by atoms with Gasteiger partial charge in [-0.2, -0.15) is 4.98 Å². The van der Waals surface area contributed by atoms with Crippen molar-refractivity contribution in [3.63, 3.8) is 0 Å². The molecule has 3 aromatic rings. The number of benzene rings is 2. The molecule has 4 heteroatoms. The van der Waals surface area contributed by atoms with Crippen LogP contribution < -0.4 is 9.64 Å². The summed E-state index contributed by atoms with van der Waals surface area (Å²) in [4.78, 5) is 6.39. The van der Waals surface area contributed by atoms with E-state index in [9.17, 15) is 0 Å². The van der Waals surface area contributed by atoms with Crippen LogP contribution in [0.25, 0.3) is 11.1 Å². The zero-order valence-corrected chi connectivity index (χ0v) is 11.3. The van der Waals surface area contributed by atoms with Gasteiger partial charge in [0.05, 0.1) is 6.54 Å². The zero-order valence-electron chi connectivity index (χ0n) is 11.3. The number of fused-ring (bicyclic) bond motifs is 1. The van der Waals surface area contributed by atoms with Gasteiger partial charge in [-0.1, -0.05) is 30.3 Å². The number of likely N-dealkylation sites (N-methyl/N-ethyl adjacent to an activating group) is 1. The van der Waals surface area contributed by atoms with Crippen LogP contribution in [0, 0.1) is 0 Å². The first kappa shape index (κ1) is 12.5. The quantitative estimate of drug-likeness (QED) is 0.711. The van der Waals surface area contributed by atoms with Gasteiger partial charge in [-0.15, -0.1) is 0 Å².